The number of halogens is 1. The average molecular weight is 257 g/mol. The van der Waals surface area contributed by atoms with Crippen molar-refractivity contribution in [3.05, 3.63) is 65.5 Å². The van der Waals surface area contributed by atoms with E-state index < -0.39 is 0 Å². The fraction of sp³-hybridized carbons (Fsp3) is 0.188. The van der Waals surface area contributed by atoms with E-state index in [4.69, 9.17) is 5.73 Å². The first-order valence-corrected chi connectivity index (χ1v) is 6.24. The van der Waals surface area contributed by atoms with Crippen molar-refractivity contribution in [3.8, 4) is 0 Å². The number of rotatable bonds is 5. The standard InChI is InChI=1S/C16H16FNO/c17-16-4-2-1-3-13(16)11-15(19)10-7-12-5-8-14(18)9-6-12/h1-6,8-9H,7,10-11,18H2. The number of aryl methyl sites for hydroxylation is 1. The van der Waals surface area contributed by atoms with Gasteiger partial charge in [0.15, 0.2) is 0 Å². The van der Waals surface area contributed by atoms with Gasteiger partial charge in [-0.2, -0.15) is 0 Å². The SMILES string of the molecule is Nc1ccc(CCC(=O)Cc2ccccc2F)cc1. The van der Waals surface area contributed by atoms with Gasteiger partial charge in [0.25, 0.3) is 0 Å². The van der Waals surface area contributed by atoms with Crippen LogP contribution >= 0.6 is 0 Å². The highest BCUT2D eigenvalue weighted by Crippen LogP contribution is 2.11. The summed E-state index contributed by atoms with van der Waals surface area (Å²) in [4.78, 5) is 11.8. The number of carbonyl (C=O) groups excluding carboxylic acids is 1. The highest BCUT2D eigenvalue weighted by molar-refractivity contribution is 5.81. The summed E-state index contributed by atoms with van der Waals surface area (Å²) in [6.45, 7) is 0. The summed E-state index contributed by atoms with van der Waals surface area (Å²) in [7, 11) is 0. The molecule has 2 aromatic rings. The van der Waals surface area contributed by atoms with Crippen LogP contribution in [-0.2, 0) is 17.6 Å². The quantitative estimate of drug-likeness (QED) is 0.836. The van der Waals surface area contributed by atoms with Crippen molar-refractivity contribution < 1.29 is 9.18 Å². The molecule has 0 atom stereocenters. The van der Waals surface area contributed by atoms with Crippen LogP contribution in [0.2, 0.25) is 0 Å². The van der Waals surface area contributed by atoms with Gasteiger partial charge in [-0.15, -0.1) is 0 Å². The minimum Gasteiger partial charge on any atom is -0.399 e. The molecule has 0 aliphatic heterocycles. The van der Waals surface area contributed by atoms with Gasteiger partial charge in [0.2, 0.25) is 0 Å². The summed E-state index contributed by atoms with van der Waals surface area (Å²) >= 11 is 0. The number of ketones is 1. The fourth-order valence-corrected chi connectivity index (χ4v) is 1.91. The minimum absolute atomic E-state index is 0.0434. The fourth-order valence-electron chi connectivity index (χ4n) is 1.91. The number of anilines is 1. The van der Waals surface area contributed by atoms with Gasteiger partial charge >= 0.3 is 0 Å². The Balaban J connectivity index is 1.88. The van der Waals surface area contributed by atoms with Crippen LogP contribution in [0, 0.1) is 5.82 Å². The zero-order valence-electron chi connectivity index (χ0n) is 10.6. The molecule has 0 aliphatic rings. The Hall–Kier alpha value is -2.16. The molecule has 0 heterocycles. The summed E-state index contributed by atoms with van der Waals surface area (Å²) in [5.74, 6) is -0.273. The highest BCUT2D eigenvalue weighted by Gasteiger charge is 2.07. The first-order chi connectivity index (χ1) is 9.15. The number of nitrogen functional groups attached to an aromatic ring is 1. The summed E-state index contributed by atoms with van der Waals surface area (Å²) in [6, 6.07) is 13.8. The molecule has 0 saturated carbocycles. The van der Waals surface area contributed by atoms with E-state index in [1.165, 1.54) is 6.07 Å². The first-order valence-electron chi connectivity index (χ1n) is 6.24. The van der Waals surface area contributed by atoms with Gasteiger partial charge in [-0.1, -0.05) is 30.3 Å². The van der Waals surface area contributed by atoms with E-state index in [1.807, 2.05) is 24.3 Å². The highest BCUT2D eigenvalue weighted by atomic mass is 19.1. The number of benzene rings is 2. The zero-order valence-corrected chi connectivity index (χ0v) is 10.6. The summed E-state index contributed by atoms with van der Waals surface area (Å²) in [6.07, 6.45) is 1.23. The van der Waals surface area contributed by atoms with Crippen LogP contribution in [0.4, 0.5) is 10.1 Å². The largest absolute Gasteiger partial charge is 0.399 e. The smallest absolute Gasteiger partial charge is 0.137 e. The maximum Gasteiger partial charge on any atom is 0.137 e. The second kappa shape index (κ2) is 6.14. The third kappa shape index (κ3) is 3.91. The molecule has 0 unspecified atom stereocenters. The Kier molecular flexibility index (Phi) is 4.29. The molecule has 0 saturated heterocycles. The Morgan fingerprint density at radius 2 is 1.74 bits per heavy atom. The number of carbonyl (C=O) groups is 1. The number of hydrogen-bond acceptors (Lipinski definition) is 2. The second-order valence-electron chi connectivity index (χ2n) is 4.55. The van der Waals surface area contributed by atoms with Crippen LogP contribution in [0.3, 0.4) is 0 Å². The molecule has 0 spiro atoms. The molecule has 0 amide bonds. The monoisotopic (exact) mass is 257 g/mol. The van der Waals surface area contributed by atoms with Crippen LogP contribution in [-0.4, -0.2) is 5.78 Å². The molecule has 19 heavy (non-hydrogen) atoms. The van der Waals surface area contributed by atoms with Crippen LogP contribution in [0.25, 0.3) is 0 Å². The van der Waals surface area contributed by atoms with Gasteiger partial charge < -0.3 is 5.73 Å². The van der Waals surface area contributed by atoms with E-state index in [0.717, 1.165) is 5.56 Å². The number of nitrogens with two attached hydrogens (primary N) is 1. The average Bonchev–Trinajstić information content (AvgIpc) is 2.41. The molecular weight excluding hydrogens is 241 g/mol. The lowest BCUT2D eigenvalue weighted by Gasteiger charge is -2.03. The predicted octanol–water partition coefficient (Wildman–Crippen LogP) is 3.15. The van der Waals surface area contributed by atoms with Crippen LogP contribution in [0.1, 0.15) is 17.5 Å². The summed E-state index contributed by atoms with van der Waals surface area (Å²) in [5.41, 5.74) is 7.83. The van der Waals surface area contributed by atoms with Crippen molar-refractivity contribution >= 4 is 11.5 Å². The molecule has 3 heteroatoms. The molecule has 2 rings (SSSR count). The minimum atomic E-state index is -0.316. The molecule has 0 bridgehead atoms. The van der Waals surface area contributed by atoms with Gasteiger partial charge in [0.05, 0.1) is 0 Å². The molecular formula is C16H16FNO. The molecule has 0 radical (unpaired) electrons. The van der Waals surface area contributed by atoms with Crippen molar-refractivity contribution in [2.75, 3.05) is 5.73 Å². The lowest BCUT2D eigenvalue weighted by atomic mass is 10.0. The van der Waals surface area contributed by atoms with Crippen molar-refractivity contribution in [2.24, 2.45) is 0 Å². The Labute approximate surface area is 112 Å². The van der Waals surface area contributed by atoms with Gasteiger partial charge in [0.1, 0.15) is 11.6 Å². The molecule has 0 fully saturated rings. The summed E-state index contributed by atoms with van der Waals surface area (Å²) in [5, 5.41) is 0. The molecule has 98 valence electrons. The second-order valence-corrected chi connectivity index (χ2v) is 4.55. The van der Waals surface area contributed by atoms with Crippen molar-refractivity contribution in [3.63, 3.8) is 0 Å². The Morgan fingerprint density at radius 3 is 2.42 bits per heavy atom. The Bertz CT molecular complexity index is 563. The number of hydrogen-bond donors (Lipinski definition) is 1. The van der Waals surface area contributed by atoms with E-state index in [2.05, 4.69) is 0 Å². The third-order valence-electron chi connectivity index (χ3n) is 3.02. The lowest BCUT2D eigenvalue weighted by Crippen LogP contribution is -2.05. The first kappa shape index (κ1) is 13.3. The van der Waals surface area contributed by atoms with Gasteiger partial charge in [-0.05, 0) is 35.7 Å². The molecule has 2 N–H and O–H groups in total. The van der Waals surface area contributed by atoms with Crippen LogP contribution in [0.15, 0.2) is 48.5 Å². The van der Waals surface area contributed by atoms with Gasteiger partial charge in [-0.3, -0.25) is 4.79 Å². The molecule has 2 aromatic carbocycles. The normalized spacial score (nSPS) is 10.4. The predicted molar refractivity (Wildman–Crippen MR) is 74.3 cm³/mol. The molecule has 2 nitrogen and oxygen atoms in total. The van der Waals surface area contributed by atoms with Crippen LogP contribution in [0.5, 0.6) is 0 Å². The molecule has 0 aliphatic carbocycles. The van der Waals surface area contributed by atoms with Crippen molar-refractivity contribution in [1.82, 2.24) is 0 Å². The Morgan fingerprint density at radius 1 is 1.05 bits per heavy atom. The van der Waals surface area contributed by atoms with Crippen LogP contribution < -0.4 is 5.73 Å². The van der Waals surface area contributed by atoms with E-state index >= 15 is 0 Å². The van der Waals surface area contributed by atoms with E-state index in [9.17, 15) is 9.18 Å². The lowest BCUT2D eigenvalue weighted by molar-refractivity contribution is -0.118. The maximum atomic E-state index is 13.4. The maximum absolute atomic E-state index is 13.4. The van der Waals surface area contributed by atoms with Crippen molar-refractivity contribution in [1.29, 1.82) is 0 Å². The van der Waals surface area contributed by atoms with E-state index in [-0.39, 0.29) is 18.0 Å². The zero-order chi connectivity index (χ0) is 13.7. The molecule has 0 aromatic heterocycles. The van der Waals surface area contributed by atoms with E-state index in [0.29, 0.717) is 24.1 Å². The summed E-state index contributed by atoms with van der Waals surface area (Å²) < 4.78 is 13.4. The van der Waals surface area contributed by atoms with Gasteiger partial charge in [-0.25, -0.2) is 4.39 Å². The number of Topliss-reactive ketones (excluding diaryl/α,β-unsaturated/α-hetero) is 1. The third-order valence-corrected chi connectivity index (χ3v) is 3.02. The topological polar surface area (TPSA) is 43.1 Å². The van der Waals surface area contributed by atoms with Gasteiger partial charge in [0, 0.05) is 18.5 Å². The van der Waals surface area contributed by atoms with E-state index in [1.54, 1.807) is 18.2 Å². The van der Waals surface area contributed by atoms with Crippen molar-refractivity contribution in [2.45, 2.75) is 19.3 Å².